The summed E-state index contributed by atoms with van der Waals surface area (Å²) >= 11 is 0. The summed E-state index contributed by atoms with van der Waals surface area (Å²) in [6, 6.07) is 7.49. The molecule has 0 spiro atoms. The number of nitrogen functional groups attached to an aromatic ring is 2. The van der Waals surface area contributed by atoms with E-state index < -0.39 is 0 Å². The third kappa shape index (κ3) is 8.24. The molecule has 3 aromatic rings. The third-order valence-corrected chi connectivity index (χ3v) is 4.04. The quantitative estimate of drug-likeness (QED) is 0.0885. The van der Waals surface area contributed by atoms with Crippen LogP contribution < -0.4 is 11.5 Å². The summed E-state index contributed by atoms with van der Waals surface area (Å²) in [5.74, 6) is 0. The number of pyridine rings is 2. The first-order valence-electron chi connectivity index (χ1n) is 9.67. The normalized spacial score (nSPS) is 12.9. The van der Waals surface area contributed by atoms with Crippen LogP contribution in [0, 0.1) is 14.9 Å². The van der Waals surface area contributed by atoms with Crippen LogP contribution in [0.4, 0.5) is 11.4 Å². The first-order valence-corrected chi connectivity index (χ1v) is 9.67. The SMILES string of the molecule is C1=CCC/C=C\CC1.CCC.Nc1c(N)c2cccnc2c2ncccc12.[CH3-].[CH3-].[Rh+2]. The van der Waals surface area contributed by atoms with E-state index in [4.69, 9.17) is 11.5 Å². The molecule has 0 atom stereocenters. The molecule has 5 heteroatoms. The smallest absolute Gasteiger partial charge is 0.396 e. The topological polar surface area (TPSA) is 77.8 Å². The van der Waals surface area contributed by atoms with Crippen molar-refractivity contribution in [2.24, 2.45) is 0 Å². The zero-order chi connectivity index (χ0) is 19.5. The maximum absolute atomic E-state index is 5.99. The van der Waals surface area contributed by atoms with E-state index in [1.807, 2.05) is 24.3 Å². The maximum atomic E-state index is 5.99. The number of allylic oxidation sites excluding steroid dienone is 4. The van der Waals surface area contributed by atoms with Gasteiger partial charge in [0, 0.05) is 23.2 Å². The molecule has 0 aliphatic heterocycles. The molecule has 0 fully saturated rings. The summed E-state index contributed by atoms with van der Waals surface area (Å²) < 4.78 is 0. The van der Waals surface area contributed by atoms with Crippen LogP contribution in [0.25, 0.3) is 21.8 Å². The Balaban J connectivity index is 0. The van der Waals surface area contributed by atoms with Gasteiger partial charge in [-0.15, -0.1) is 0 Å². The third-order valence-electron chi connectivity index (χ3n) is 4.04. The van der Waals surface area contributed by atoms with E-state index in [9.17, 15) is 0 Å². The number of aromatic nitrogens is 2. The van der Waals surface area contributed by atoms with E-state index >= 15 is 0 Å². The van der Waals surface area contributed by atoms with Gasteiger partial charge in [-0.05, 0) is 49.9 Å². The van der Waals surface area contributed by atoms with E-state index in [1.165, 1.54) is 32.1 Å². The van der Waals surface area contributed by atoms with E-state index in [1.54, 1.807) is 12.4 Å². The van der Waals surface area contributed by atoms with Gasteiger partial charge < -0.3 is 26.3 Å². The number of anilines is 2. The Morgan fingerprint density at radius 3 is 1.30 bits per heavy atom. The molecule has 2 heterocycles. The van der Waals surface area contributed by atoms with E-state index in [0.29, 0.717) is 11.4 Å². The van der Waals surface area contributed by atoms with Gasteiger partial charge in [0.2, 0.25) is 0 Å². The second kappa shape index (κ2) is 16.5. The number of nitrogens with zero attached hydrogens (tertiary/aromatic N) is 2. The molecule has 0 amide bonds. The molecule has 165 valence electrons. The van der Waals surface area contributed by atoms with Crippen molar-refractivity contribution in [3.8, 4) is 0 Å². The van der Waals surface area contributed by atoms with Gasteiger partial charge in [-0.25, -0.2) is 0 Å². The molecule has 0 saturated carbocycles. The number of nitrogens with two attached hydrogens (primary N) is 2. The average molecular weight is 495 g/mol. The number of rotatable bonds is 0. The summed E-state index contributed by atoms with van der Waals surface area (Å²) in [6.07, 6.45) is 18.7. The fraction of sp³-hybridized carbons (Fsp3) is 0.280. The van der Waals surface area contributed by atoms with Crippen molar-refractivity contribution >= 4 is 33.2 Å². The van der Waals surface area contributed by atoms with Crippen molar-refractivity contribution in [3.05, 3.63) is 75.8 Å². The second-order valence-corrected chi connectivity index (χ2v) is 6.43. The van der Waals surface area contributed by atoms with Crippen molar-refractivity contribution in [1.29, 1.82) is 0 Å². The van der Waals surface area contributed by atoms with Gasteiger partial charge >= 0.3 is 19.5 Å². The Labute approximate surface area is 195 Å². The molecule has 1 aliphatic rings. The molecule has 4 nitrogen and oxygen atoms in total. The monoisotopic (exact) mass is 495 g/mol. The van der Waals surface area contributed by atoms with Crippen LogP contribution in [0.5, 0.6) is 0 Å². The molecule has 1 aliphatic carbocycles. The van der Waals surface area contributed by atoms with Crippen LogP contribution in [-0.2, 0) is 19.5 Å². The summed E-state index contributed by atoms with van der Waals surface area (Å²) in [5, 5.41) is 1.71. The first-order chi connectivity index (χ1) is 13.2. The van der Waals surface area contributed by atoms with E-state index in [2.05, 4.69) is 48.1 Å². The molecule has 4 N–H and O–H groups in total. The molecule has 2 aromatic heterocycles. The van der Waals surface area contributed by atoms with Crippen LogP contribution in [-0.4, -0.2) is 9.97 Å². The van der Waals surface area contributed by atoms with Crippen molar-refractivity contribution < 1.29 is 19.5 Å². The fourth-order valence-electron chi connectivity index (χ4n) is 2.77. The maximum Gasteiger partial charge on any atom is 2.00 e. The Bertz CT molecular complexity index is 833. The predicted octanol–water partition coefficient (Wildman–Crippen LogP) is 6.93. The van der Waals surface area contributed by atoms with E-state index in [-0.39, 0.29) is 34.3 Å². The van der Waals surface area contributed by atoms with E-state index in [0.717, 1.165) is 21.8 Å². The van der Waals surface area contributed by atoms with Crippen LogP contribution in [0.3, 0.4) is 0 Å². The Hall–Kier alpha value is -2.26. The molecule has 0 unspecified atom stereocenters. The Morgan fingerprint density at radius 2 is 1.00 bits per heavy atom. The van der Waals surface area contributed by atoms with Crippen LogP contribution in [0.2, 0.25) is 0 Å². The number of fused-ring (bicyclic) bond motifs is 3. The van der Waals surface area contributed by atoms with Crippen molar-refractivity contribution in [3.63, 3.8) is 0 Å². The van der Waals surface area contributed by atoms with Gasteiger partial charge in [-0.1, -0.05) is 44.6 Å². The second-order valence-electron chi connectivity index (χ2n) is 6.43. The molecular formula is C25H36N4Rh. The molecule has 30 heavy (non-hydrogen) atoms. The molecule has 1 aromatic carbocycles. The van der Waals surface area contributed by atoms with Crippen molar-refractivity contribution in [2.75, 3.05) is 11.5 Å². The van der Waals surface area contributed by atoms with Crippen molar-refractivity contribution in [1.82, 2.24) is 9.97 Å². The van der Waals surface area contributed by atoms with Gasteiger partial charge in [0.05, 0.1) is 22.4 Å². The predicted molar refractivity (Wildman–Crippen MR) is 131 cm³/mol. The molecule has 1 radical (unpaired) electrons. The number of hydrogen-bond donors (Lipinski definition) is 2. The standard InChI is InChI=1S/C12H10N4.C8H12.C3H8.2CH3.Rh/c13-9-7-3-1-5-15-11(7)12-8(10(9)14)4-2-6-16-12;1-2-4-6-8-7-5-3-1;1-3-2;;;/h1-6H,13-14H2;1-2,7-8H,3-6H2;3H2,1-2H3;2*1H3;/q;;;2*-1;+2/b;2-1-,8-7?;;;;. The van der Waals surface area contributed by atoms with Crippen molar-refractivity contribution in [2.45, 2.75) is 46.0 Å². The van der Waals surface area contributed by atoms with Crippen LogP contribution >= 0.6 is 0 Å². The number of benzene rings is 1. The first kappa shape index (κ1) is 29.9. The largest absolute Gasteiger partial charge is 2.00 e. The summed E-state index contributed by atoms with van der Waals surface area (Å²) in [5.41, 5.74) is 14.7. The van der Waals surface area contributed by atoms with Crippen LogP contribution in [0.1, 0.15) is 46.0 Å². The summed E-state index contributed by atoms with van der Waals surface area (Å²) in [7, 11) is 0. The van der Waals surface area contributed by atoms with Gasteiger partial charge in [0.25, 0.3) is 0 Å². The fourth-order valence-corrected chi connectivity index (χ4v) is 2.77. The van der Waals surface area contributed by atoms with Gasteiger partial charge in [0.1, 0.15) is 0 Å². The van der Waals surface area contributed by atoms with Crippen LogP contribution in [0.15, 0.2) is 61.0 Å². The van der Waals surface area contributed by atoms with Gasteiger partial charge in [-0.3, -0.25) is 9.97 Å². The zero-order valence-electron chi connectivity index (χ0n) is 18.7. The van der Waals surface area contributed by atoms with Gasteiger partial charge in [-0.2, -0.15) is 0 Å². The average Bonchev–Trinajstić information content (AvgIpc) is 2.67. The molecule has 0 bridgehead atoms. The number of hydrogen-bond acceptors (Lipinski definition) is 4. The minimum atomic E-state index is 0. The molecular weight excluding hydrogens is 459 g/mol. The minimum Gasteiger partial charge on any atom is -0.396 e. The molecule has 4 rings (SSSR count). The molecule has 0 saturated heterocycles. The minimum absolute atomic E-state index is 0. The summed E-state index contributed by atoms with van der Waals surface area (Å²) in [6.45, 7) is 4.25. The zero-order valence-corrected chi connectivity index (χ0v) is 20.3. The Morgan fingerprint density at radius 1 is 0.700 bits per heavy atom. The Kier molecular flexibility index (Phi) is 16.5. The van der Waals surface area contributed by atoms with Gasteiger partial charge in [0.15, 0.2) is 0 Å². The summed E-state index contributed by atoms with van der Waals surface area (Å²) in [4.78, 5) is 8.63.